The summed E-state index contributed by atoms with van der Waals surface area (Å²) in [6.45, 7) is 5.22. The minimum absolute atomic E-state index is 0.313. The molecule has 106 valence electrons. The van der Waals surface area contributed by atoms with Gasteiger partial charge in [0, 0.05) is 19.1 Å². The second kappa shape index (κ2) is 6.49. The molecule has 3 nitrogen and oxygen atoms in total. The summed E-state index contributed by atoms with van der Waals surface area (Å²) in [6, 6.07) is 2.07. The fourth-order valence-corrected chi connectivity index (χ4v) is 3.11. The number of likely N-dealkylation sites (N-methyl/N-ethyl adjacent to an activating group) is 1. The van der Waals surface area contributed by atoms with Crippen molar-refractivity contribution in [2.24, 2.45) is 0 Å². The van der Waals surface area contributed by atoms with Crippen molar-refractivity contribution in [2.45, 2.75) is 25.8 Å². The van der Waals surface area contributed by atoms with E-state index in [1.165, 1.54) is 0 Å². The highest BCUT2D eigenvalue weighted by molar-refractivity contribution is 6.42. The molecular weight excluding hydrogens is 305 g/mol. The number of halogens is 3. The maximum absolute atomic E-state index is 6.29. The van der Waals surface area contributed by atoms with Crippen molar-refractivity contribution in [2.75, 3.05) is 31.6 Å². The van der Waals surface area contributed by atoms with Crippen LogP contribution in [0.4, 0.5) is 5.82 Å². The molecule has 1 saturated heterocycles. The second-order valence-electron chi connectivity index (χ2n) is 4.94. The molecule has 0 N–H and O–H groups in total. The van der Waals surface area contributed by atoms with Gasteiger partial charge in [-0.25, -0.2) is 4.98 Å². The normalized spacial score (nSPS) is 21.5. The van der Waals surface area contributed by atoms with Crippen LogP contribution in [0.5, 0.6) is 0 Å². The van der Waals surface area contributed by atoms with Crippen LogP contribution in [0.15, 0.2) is 6.07 Å². The van der Waals surface area contributed by atoms with Gasteiger partial charge in [0.2, 0.25) is 0 Å². The zero-order valence-corrected chi connectivity index (χ0v) is 13.4. The van der Waals surface area contributed by atoms with E-state index in [9.17, 15) is 0 Å². The Bertz CT molecular complexity index is 453. The zero-order chi connectivity index (χ0) is 14.0. The largest absolute Gasteiger partial charge is 0.351 e. The van der Waals surface area contributed by atoms with Crippen LogP contribution in [0.1, 0.15) is 19.8 Å². The monoisotopic (exact) mass is 321 g/mol. The van der Waals surface area contributed by atoms with E-state index < -0.39 is 0 Å². The van der Waals surface area contributed by atoms with Gasteiger partial charge in [-0.15, -0.1) is 0 Å². The maximum Gasteiger partial charge on any atom is 0.150 e. The Labute approximate surface area is 129 Å². The average Bonchev–Trinajstić information content (AvgIpc) is 2.55. The minimum atomic E-state index is 0.313. The van der Waals surface area contributed by atoms with Crippen molar-refractivity contribution in [1.29, 1.82) is 0 Å². The van der Waals surface area contributed by atoms with Gasteiger partial charge >= 0.3 is 0 Å². The number of aromatic nitrogens is 1. The van der Waals surface area contributed by atoms with Crippen LogP contribution in [0.25, 0.3) is 0 Å². The highest BCUT2D eigenvalue weighted by Crippen LogP contribution is 2.33. The van der Waals surface area contributed by atoms with Crippen LogP contribution in [0.2, 0.25) is 15.2 Å². The van der Waals surface area contributed by atoms with E-state index in [1.54, 1.807) is 6.07 Å². The molecule has 0 aromatic carbocycles. The van der Waals surface area contributed by atoms with Gasteiger partial charge in [-0.1, -0.05) is 41.7 Å². The Morgan fingerprint density at radius 3 is 2.68 bits per heavy atom. The number of nitrogens with zero attached hydrogens (tertiary/aromatic N) is 3. The smallest absolute Gasteiger partial charge is 0.150 e. The fraction of sp³-hybridized carbons (Fsp3) is 0.615. The van der Waals surface area contributed by atoms with Crippen LogP contribution in [-0.4, -0.2) is 42.6 Å². The van der Waals surface area contributed by atoms with Crippen LogP contribution in [0.3, 0.4) is 0 Å². The van der Waals surface area contributed by atoms with Gasteiger partial charge in [-0.05, 0) is 32.5 Å². The Hall–Kier alpha value is -0.220. The summed E-state index contributed by atoms with van der Waals surface area (Å²) in [5.74, 6) is 0.748. The topological polar surface area (TPSA) is 19.4 Å². The van der Waals surface area contributed by atoms with E-state index in [-0.39, 0.29) is 0 Å². The van der Waals surface area contributed by atoms with E-state index in [0.717, 1.165) is 38.3 Å². The maximum atomic E-state index is 6.29. The third-order valence-corrected chi connectivity index (χ3v) is 4.46. The molecule has 1 aromatic rings. The summed E-state index contributed by atoms with van der Waals surface area (Å²) in [5.41, 5.74) is 0. The molecular formula is C13H18Cl3N3. The highest BCUT2D eigenvalue weighted by atomic mass is 35.5. The lowest BCUT2D eigenvalue weighted by atomic mass is 10.2. The van der Waals surface area contributed by atoms with Crippen molar-refractivity contribution in [3.63, 3.8) is 0 Å². The van der Waals surface area contributed by atoms with Gasteiger partial charge in [-0.2, -0.15) is 0 Å². The number of anilines is 1. The van der Waals surface area contributed by atoms with E-state index in [2.05, 4.69) is 28.8 Å². The molecule has 6 heteroatoms. The number of rotatable bonds is 2. The average molecular weight is 323 g/mol. The molecule has 2 heterocycles. The molecule has 1 aliphatic rings. The Kier molecular flexibility index (Phi) is 5.18. The first kappa shape index (κ1) is 15.2. The van der Waals surface area contributed by atoms with Crippen molar-refractivity contribution in [1.82, 2.24) is 9.88 Å². The number of pyridine rings is 1. The standard InChI is InChI=1S/C13H18Cl3N3/c1-3-9-8-18(2)5-4-6-19(9)13-11(15)7-10(14)12(16)17-13/h7,9H,3-6,8H2,1-2H3. The van der Waals surface area contributed by atoms with Crippen LogP contribution >= 0.6 is 34.8 Å². The molecule has 1 atom stereocenters. The van der Waals surface area contributed by atoms with Gasteiger partial charge in [0.1, 0.15) is 11.0 Å². The lowest BCUT2D eigenvalue weighted by Gasteiger charge is -2.32. The molecule has 1 unspecified atom stereocenters. The van der Waals surface area contributed by atoms with Crippen LogP contribution < -0.4 is 4.90 Å². The predicted octanol–water partition coefficient (Wildman–Crippen LogP) is 3.96. The summed E-state index contributed by atoms with van der Waals surface area (Å²) in [5, 5.41) is 1.28. The molecule has 1 aromatic heterocycles. The van der Waals surface area contributed by atoms with Crippen molar-refractivity contribution in [3.05, 3.63) is 21.3 Å². The molecule has 1 aliphatic heterocycles. The summed E-state index contributed by atoms with van der Waals surface area (Å²) in [7, 11) is 2.15. The summed E-state index contributed by atoms with van der Waals surface area (Å²) in [6.07, 6.45) is 2.13. The minimum Gasteiger partial charge on any atom is -0.351 e. The molecule has 0 amide bonds. The van der Waals surface area contributed by atoms with Crippen LogP contribution in [-0.2, 0) is 0 Å². The molecule has 0 radical (unpaired) electrons. The molecule has 1 fully saturated rings. The van der Waals surface area contributed by atoms with Crippen molar-refractivity contribution < 1.29 is 0 Å². The summed E-state index contributed by atoms with van der Waals surface area (Å²) in [4.78, 5) is 8.97. The predicted molar refractivity (Wildman–Crippen MR) is 82.8 cm³/mol. The first-order valence-corrected chi connectivity index (χ1v) is 7.63. The van der Waals surface area contributed by atoms with E-state index in [4.69, 9.17) is 34.8 Å². The van der Waals surface area contributed by atoms with Crippen molar-refractivity contribution >= 4 is 40.6 Å². The molecule has 0 aliphatic carbocycles. The Morgan fingerprint density at radius 1 is 1.26 bits per heavy atom. The Morgan fingerprint density at radius 2 is 2.00 bits per heavy atom. The first-order chi connectivity index (χ1) is 9.02. The zero-order valence-electron chi connectivity index (χ0n) is 11.2. The molecule has 0 spiro atoms. The van der Waals surface area contributed by atoms with Gasteiger partial charge in [0.05, 0.1) is 10.0 Å². The number of hydrogen-bond donors (Lipinski definition) is 0. The molecule has 0 saturated carbocycles. The molecule has 2 rings (SSSR count). The highest BCUT2D eigenvalue weighted by Gasteiger charge is 2.25. The lowest BCUT2D eigenvalue weighted by Crippen LogP contribution is -2.40. The summed E-state index contributed by atoms with van der Waals surface area (Å²) >= 11 is 18.3. The van der Waals surface area contributed by atoms with Gasteiger partial charge in [0.25, 0.3) is 0 Å². The second-order valence-corrected chi connectivity index (χ2v) is 6.11. The molecule has 19 heavy (non-hydrogen) atoms. The third kappa shape index (κ3) is 3.46. The van der Waals surface area contributed by atoms with E-state index >= 15 is 0 Å². The Balaban J connectivity index is 2.35. The van der Waals surface area contributed by atoms with Gasteiger partial charge < -0.3 is 9.80 Å². The fourth-order valence-electron chi connectivity index (χ4n) is 2.51. The SMILES string of the molecule is CCC1CN(C)CCCN1c1nc(Cl)c(Cl)cc1Cl. The quantitative estimate of drug-likeness (QED) is 0.768. The summed E-state index contributed by atoms with van der Waals surface area (Å²) < 4.78 is 0. The lowest BCUT2D eigenvalue weighted by molar-refractivity contribution is 0.327. The van der Waals surface area contributed by atoms with E-state index in [1.807, 2.05) is 0 Å². The third-order valence-electron chi connectivity index (χ3n) is 3.51. The molecule has 0 bridgehead atoms. The van der Waals surface area contributed by atoms with Crippen molar-refractivity contribution in [3.8, 4) is 0 Å². The van der Waals surface area contributed by atoms with Crippen LogP contribution in [0, 0.1) is 0 Å². The first-order valence-electron chi connectivity index (χ1n) is 6.49. The van der Waals surface area contributed by atoms with Gasteiger partial charge in [-0.3, -0.25) is 0 Å². The van der Waals surface area contributed by atoms with Gasteiger partial charge in [0.15, 0.2) is 0 Å². The number of hydrogen-bond acceptors (Lipinski definition) is 3. The van der Waals surface area contributed by atoms with E-state index in [0.29, 0.717) is 21.2 Å².